The number of carbonyl (C=O) groups is 3. The minimum absolute atomic E-state index is 0.0387. The Morgan fingerprint density at radius 1 is 1.20 bits per heavy atom. The first-order valence-electron chi connectivity index (χ1n) is 6.60. The summed E-state index contributed by atoms with van der Waals surface area (Å²) in [5.74, 6) is -0.719. The predicted octanol–water partition coefficient (Wildman–Crippen LogP) is 0.496. The van der Waals surface area contributed by atoms with Crippen LogP contribution in [-0.2, 0) is 14.3 Å². The molecule has 0 aromatic heterocycles. The maximum absolute atomic E-state index is 11.6. The van der Waals surface area contributed by atoms with Crippen molar-refractivity contribution in [2.45, 2.75) is 39.7 Å². The zero-order valence-corrected chi connectivity index (χ0v) is 12.9. The van der Waals surface area contributed by atoms with Crippen molar-refractivity contribution >= 4 is 17.9 Å². The van der Waals surface area contributed by atoms with Crippen LogP contribution in [0.4, 0.5) is 4.79 Å². The van der Waals surface area contributed by atoms with Gasteiger partial charge in [-0.05, 0) is 34.7 Å². The van der Waals surface area contributed by atoms with Crippen LogP contribution >= 0.6 is 0 Å². The van der Waals surface area contributed by atoms with E-state index in [9.17, 15) is 14.4 Å². The molecule has 0 heterocycles. The fraction of sp³-hybridized carbons (Fsp3) is 0.769. The van der Waals surface area contributed by atoms with E-state index in [2.05, 4.69) is 10.6 Å². The van der Waals surface area contributed by atoms with Crippen LogP contribution < -0.4 is 10.6 Å². The van der Waals surface area contributed by atoms with Gasteiger partial charge < -0.3 is 10.1 Å². The molecule has 0 bridgehead atoms. The summed E-state index contributed by atoms with van der Waals surface area (Å²) < 4.78 is 4.79. The van der Waals surface area contributed by atoms with Crippen LogP contribution in [0.3, 0.4) is 0 Å². The maximum atomic E-state index is 11.6. The Balaban J connectivity index is 3.96. The summed E-state index contributed by atoms with van der Waals surface area (Å²) >= 11 is 0. The zero-order valence-electron chi connectivity index (χ0n) is 12.9. The molecule has 0 atom stereocenters. The number of urea groups is 1. The van der Waals surface area contributed by atoms with Crippen molar-refractivity contribution in [3.63, 3.8) is 0 Å². The lowest BCUT2D eigenvalue weighted by Crippen LogP contribution is -2.50. The fourth-order valence-corrected chi connectivity index (χ4v) is 1.38. The number of nitrogens with one attached hydrogen (secondary N) is 2. The second kappa shape index (κ2) is 8.52. The van der Waals surface area contributed by atoms with Gasteiger partial charge in [0.2, 0.25) is 5.91 Å². The summed E-state index contributed by atoms with van der Waals surface area (Å²) in [7, 11) is 1.69. The molecule has 7 nitrogen and oxygen atoms in total. The first kappa shape index (κ1) is 18.4. The van der Waals surface area contributed by atoms with Crippen LogP contribution in [0.15, 0.2) is 0 Å². The van der Waals surface area contributed by atoms with Gasteiger partial charge in [0.15, 0.2) is 0 Å². The Kier molecular flexibility index (Phi) is 7.83. The molecule has 0 aliphatic rings. The number of hydrogen-bond donors (Lipinski definition) is 2. The van der Waals surface area contributed by atoms with Gasteiger partial charge in [-0.2, -0.15) is 0 Å². The smallest absolute Gasteiger partial charge is 0.321 e. The van der Waals surface area contributed by atoms with Gasteiger partial charge in [-0.1, -0.05) is 0 Å². The van der Waals surface area contributed by atoms with Crippen LogP contribution in [0.1, 0.15) is 34.1 Å². The zero-order chi connectivity index (χ0) is 15.8. The lowest BCUT2D eigenvalue weighted by Gasteiger charge is -2.21. The molecule has 116 valence electrons. The van der Waals surface area contributed by atoms with Crippen molar-refractivity contribution in [3.8, 4) is 0 Å². The Morgan fingerprint density at radius 2 is 1.80 bits per heavy atom. The number of amides is 3. The lowest BCUT2D eigenvalue weighted by molar-refractivity contribution is -0.143. The molecule has 0 aromatic rings. The molecule has 0 fully saturated rings. The van der Waals surface area contributed by atoms with Gasteiger partial charge in [0.25, 0.3) is 0 Å². The molecule has 0 aliphatic heterocycles. The summed E-state index contributed by atoms with van der Waals surface area (Å²) in [6.45, 7) is 7.98. The highest BCUT2D eigenvalue weighted by molar-refractivity contribution is 5.95. The minimum Gasteiger partial charge on any atom is -0.466 e. The molecule has 0 unspecified atom stereocenters. The number of likely N-dealkylation sites (N-methyl/N-ethyl adjacent to an activating group) is 1. The molecule has 0 spiro atoms. The van der Waals surface area contributed by atoms with Crippen LogP contribution in [0.25, 0.3) is 0 Å². The summed E-state index contributed by atoms with van der Waals surface area (Å²) in [6.07, 6.45) is 0.214. The highest BCUT2D eigenvalue weighted by atomic mass is 16.5. The summed E-state index contributed by atoms with van der Waals surface area (Å²) in [5.41, 5.74) is -0.403. The van der Waals surface area contributed by atoms with E-state index < -0.39 is 17.5 Å². The van der Waals surface area contributed by atoms with Gasteiger partial charge in [0.1, 0.15) is 0 Å². The third-order valence-electron chi connectivity index (χ3n) is 2.16. The van der Waals surface area contributed by atoms with E-state index in [0.29, 0.717) is 13.2 Å². The number of imide groups is 1. The van der Waals surface area contributed by atoms with Gasteiger partial charge in [0, 0.05) is 12.1 Å². The standard InChI is InChI=1S/C13H25N3O4/c1-6-20-11(18)7-8-16(5)9-10(17)14-12(19)15-13(2,3)4/h6-9H2,1-5H3,(H2,14,15,17,19). The largest absolute Gasteiger partial charge is 0.466 e. The van der Waals surface area contributed by atoms with E-state index in [1.807, 2.05) is 20.8 Å². The highest BCUT2D eigenvalue weighted by Crippen LogP contribution is 1.97. The number of hydrogen-bond acceptors (Lipinski definition) is 5. The lowest BCUT2D eigenvalue weighted by atomic mass is 10.1. The average molecular weight is 287 g/mol. The molecule has 0 radical (unpaired) electrons. The van der Waals surface area contributed by atoms with Gasteiger partial charge in [0.05, 0.1) is 19.6 Å². The molecule has 7 heteroatoms. The third-order valence-corrected chi connectivity index (χ3v) is 2.16. The molecule has 20 heavy (non-hydrogen) atoms. The molecule has 0 saturated carbocycles. The van der Waals surface area contributed by atoms with Gasteiger partial charge in [-0.25, -0.2) is 4.79 Å². The van der Waals surface area contributed by atoms with Crippen LogP contribution in [0, 0.1) is 0 Å². The van der Waals surface area contributed by atoms with Crippen molar-refractivity contribution in [1.29, 1.82) is 0 Å². The van der Waals surface area contributed by atoms with E-state index >= 15 is 0 Å². The quantitative estimate of drug-likeness (QED) is 0.694. The Hall–Kier alpha value is -1.63. The van der Waals surface area contributed by atoms with Crippen molar-refractivity contribution in [1.82, 2.24) is 15.5 Å². The number of ether oxygens (including phenoxy) is 1. The molecule has 0 saturated heterocycles. The Bertz CT molecular complexity index is 350. The summed E-state index contributed by atoms with van der Waals surface area (Å²) in [5, 5.41) is 4.86. The number of nitrogens with zero attached hydrogens (tertiary/aromatic N) is 1. The first-order chi connectivity index (χ1) is 9.14. The van der Waals surface area contributed by atoms with Crippen LogP contribution in [0.2, 0.25) is 0 Å². The molecule has 0 aromatic carbocycles. The van der Waals surface area contributed by atoms with E-state index in [1.54, 1.807) is 18.9 Å². The van der Waals surface area contributed by atoms with Crippen molar-refractivity contribution in [3.05, 3.63) is 0 Å². The second-order valence-corrected chi connectivity index (χ2v) is 5.55. The number of rotatable bonds is 6. The maximum Gasteiger partial charge on any atom is 0.321 e. The molecule has 0 rings (SSSR count). The molecule has 0 aliphatic carbocycles. The van der Waals surface area contributed by atoms with E-state index in [-0.39, 0.29) is 18.9 Å². The minimum atomic E-state index is -0.527. The topological polar surface area (TPSA) is 87.7 Å². The van der Waals surface area contributed by atoms with Gasteiger partial charge in [-0.15, -0.1) is 0 Å². The van der Waals surface area contributed by atoms with Crippen molar-refractivity contribution in [2.24, 2.45) is 0 Å². The molecular weight excluding hydrogens is 262 g/mol. The SMILES string of the molecule is CCOC(=O)CCN(C)CC(=O)NC(=O)NC(C)(C)C. The van der Waals surface area contributed by atoms with Gasteiger partial charge >= 0.3 is 12.0 Å². The Morgan fingerprint density at radius 3 is 2.30 bits per heavy atom. The second-order valence-electron chi connectivity index (χ2n) is 5.55. The number of esters is 1. The molecular formula is C13H25N3O4. The summed E-state index contributed by atoms with van der Waals surface area (Å²) in [6, 6.07) is -0.527. The predicted molar refractivity (Wildman–Crippen MR) is 75.2 cm³/mol. The third kappa shape index (κ3) is 10.3. The first-order valence-corrected chi connectivity index (χ1v) is 6.60. The molecule has 3 amide bonds. The highest BCUT2D eigenvalue weighted by Gasteiger charge is 2.16. The normalized spacial score (nSPS) is 11.1. The average Bonchev–Trinajstić information content (AvgIpc) is 2.23. The monoisotopic (exact) mass is 287 g/mol. The Labute approximate surface area is 120 Å². The van der Waals surface area contributed by atoms with Crippen molar-refractivity contribution in [2.75, 3.05) is 26.7 Å². The molecule has 2 N–H and O–H groups in total. The number of carbonyl (C=O) groups excluding carboxylic acids is 3. The van der Waals surface area contributed by atoms with E-state index in [1.165, 1.54) is 0 Å². The summed E-state index contributed by atoms with van der Waals surface area (Å²) in [4.78, 5) is 35.9. The van der Waals surface area contributed by atoms with Crippen molar-refractivity contribution < 1.29 is 19.1 Å². The van der Waals surface area contributed by atoms with Crippen LogP contribution in [0.5, 0.6) is 0 Å². The van der Waals surface area contributed by atoms with E-state index in [4.69, 9.17) is 4.74 Å². The van der Waals surface area contributed by atoms with Gasteiger partial charge in [-0.3, -0.25) is 19.8 Å². The van der Waals surface area contributed by atoms with Crippen LogP contribution in [-0.4, -0.2) is 55.1 Å². The van der Waals surface area contributed by atoms with E-state index in [0.717, 1.165) is 0 Å². The fourth-order valence-electron chi connectivity index (χ4n) is 1.38.